The van der Waals surface area contributed by atoms with Crippen molar-refractivity contribution in [2.75, 3.05) is 13.2 Å². The summed E-state index contributed by atoms with van der Waals surface area (Å²) in [6, 6.07) is 7.42. The number of carbonyl (C=O) groups is 2. The normalized spacial score (nSPS) is 22.8. The van der Waals surface area contributed by atoms with Gasteiger partial charge in [0.25, 0.3) is 5.91 Å². The van der Waals surface area contributed by atoms with Gasteiger partial charge in [0, 0.05) is 24.4 Å². The highest BCUT2D eigenvalue weighted by Crippen LogP contribution is 2.33. The molecule has 8 nitrogen and oxygen atoms in total. The lowest BCUT2D eigenvalue weighted by molar-refractivity contribution is -0.192. The van der Waals surface area contributed by atoms with Crippen molar-refractivity contribution in [3.05, 3.63) is 48.0 Å². The molecule has 11 heteroatoms. The third-order valence-corrected chi connectivity index (χ3v) is 5.01. The summed E-state index contributed by atoms with van der Waals surface area (Å²) in [6.07, 6.45) is -0.333. The van der Waals surface area contributed by atoms with E-state index in [1.54, 1.807) is 12.5 Å². The number of carboxylic acids is 1. The van der Waals surface area contributed by atoms with Crippen LogP contribution in [0, 0.1) is 6.92 Å². The number of aryl methyl sites for hydroxylation is 1. The number of carboxylic acid groups (broad SMARTS) is 1. The Morgan fingerprint density at radius 1 is 1.26 bits per heavy atom. The van der Waals surface area contributed by atoms with Crippen LogP contribution in [0.2, 0.25) is 0 Å². The van der Waals surface area contributed by atoms with Crippen molar-refractivity contribution < 1.29 is 41.8 Å². The number of ether oxygens (including phenoxy) is 2. The number of rotatable bonds is 3. The number of pyridine rings is 1. The molecule has 0 aromatic carbocycles. The summed E-state index contributed by atoms with van der Waals surface area (Å²) in [5.74, 6) is -1.80. The highest BCUT2D eigenvalue weighted by atomic mass is 19.4. The fraction of sp³-hybridized carbons (Fsp3) is 0.450. The summed E-state index contributed by atoms with van der Waals surface area (Å²) in [6.45, 7) is 2.97. The van der Waals surface area contributed by atoms with E-state index in [-0.39, 0.29) is 24.2 Å². The summed E-state index contributed by atoms with van der Waals surface area (Å²) in [5, 5.41) is 7.12. The van der Waals surface area contributed by atoms with Gasteiger partial charge in [-0.05, 0) is 31.9 Å². The molecular weight excluding hydrogens is 421 g/mol. The summed E-state index contributed by atoms with van der Waals surface area (Å²) < 4.78 is 49.0. The Bertz CT molecular complexity index is 902. The average Bonchev–Trinajstić information content (AvgIpc) is 3.34. The van der Waals surface area contributed by atoms with E-state index in [0.717, 1.165) is 18.4 Å². The smallest absolute Gasteiger partial charge is 0.475 e. The van der Waals surface area contributed by atoms with Gasteiger partial charge in [-0.1, -0.05) is 6.07 Å². The molecule has 1 N–H and O–H groups in total. The Kier molecular flexibility index (Phi) is 6.84. The van der Waals surface area contributed by atoms with Crippen LogP contribution >= 0.6 is 0 Å². The standard InChI is InChI=1S/C18H20N2O4.C2HF3O2/c1-12-7-10-22-16(12)18(21)20-9-11-23-17-13(20)5-6-14(17)24-15-4-2-3-8-19-15;3-2(4,5)1(6)7/h2-4,7-8,10,13-14,17H,5-6,9,11H2,1H3;(H,6,7)/t13-,14+,17+;/m0./s1. The maximum absolute atomic E-state index is 12.8. The molecule has 0 spiro atoms. The second-order valence-corrected chi connectivity index (χ2v) is 7.04. The average molecular weight is 442 g/mol. The molecule has 168 valence electrons. The number of furan rings is 1. The molecule has 0 unspecified atom stereocenters. The van der Waals surface area contributed by atoms with Crippen molar-refractivity contribution in [2.24, 2.45) is 0 Å². The molecular formula is C20H21F3N2O6. The van der Waals surface area contributed by atoms with E-state index in [9.17, 15) is 18.0 Å². The van der Waals surface area contributed by atoms with E-state index in [2.05, 4.69) is 4.98 Å². The van der Waals surface area contributed by atoms with E-state index < -0.39 is 12.1 Å². The Morgan fingerprint density at radius 3 is 2.58 bits per heavy atom. The first-order valence-corrected chi connectivity index (χ1v) is 9.53. The molecule has 1 aliphatic heterocycles. The molecule has 3 heterocycles. The van der Waals surface area contributed by atoms with Gasteiger partial charge in [-0.2, -0.15) is 13.2 Å². The number of alkyl halides is 3. The van der Waals surface area contributed by atoms with Crippen LogP contribution in [-0.2, 0) is 9.53 Å². The highest BCUT2D eigenvalue weighted by Gasteiger charge is 2.46. The number of nitrogens with zero attached hydrogens (tertiary/aromatic N) is 2. The lowest BCUT2D eigenvalue weighted by Crippen LogP contribution is -2.54. The van der Waals surface area contributed by atoms with Crippen LogP contribution in [0.25, 0.3) is 0 Å². The first kappa shape index (κ1) is 22.6. The lowest BCUT2D eigenvalue weighted by atomic mass is 10.1. The van der Waals surface area contributed by atoms with Gasteiger partial charge in [0.1, 0.15) is 12.2 Å². The van der Waals surface area contributed by atoms with E-state index in [1.165, 1.54) is 0 Å². The number of morpholine rings is 1. The van der Waals surface area contributed by atoms with Crippen LogP contribution in [-0.4, -0.2) is 64.4 Å². The Morgan fingerprint density at radius 2 is 2.00 bits per heavy atom. The van der Waals surface area contributed by atoms with Crippen molar-refractivity contribution in [3.63, 3.8) is 0 Å². The van der Waals surface area contributed by atoms with Crippen LogP contribution < -0.4 is 4.74 Å². The zero-order chi connectivity index (χ0) is 22.6. The van der Waals surface area contributed by atoms with Gasteiger partial charge in [0.05, 0.1) is 18.9 Å². The topological polar surface area (TPSA) is 102 Å². The van der Waals surface area contributed by atoms with Gasteiger partial charge >= 0.3 is 12.1 Å². The van der Waals surface area contributed by atoms with Crippen molar-refractivity contribution in [3.8, 4) is 5.88 Å². The molecule has 2 aromatic rings. The number of amides is 1. The molecule has 2 aliphatic rings. The highest BCUT2D eigenvalue weighted by molar-refractivity contribution is 5.93. The van der Waals surface area contributed by atoms with Gasteiger partial charge < -0.3 is 23.9 Å². The minimum atomic E-state index is -5.08. The molecule has 31 heavy (non-hydrogen) atoms. The summed E-state index contributed by atoms with van der Waals surface area (Å²) in [5.41, 5.74) is 0.863. The second-order valence-electron chi connectivity index (χ2n) is 7.04. The Hall–Kier alpha value is -3.08. The molecule has 2 fully saturated rings. The van der Waals surface area contributed by atoms with Crippen LogP contribution in [0.3, 0.4) is 0 Å². The quantitative estimate of drug-likeness (QED) is 0.780. The second kappa shape index (κ2) is 9.38. The molecule has 0 bridgehead atoms. The number of aromatic nitrogens is 1. The largest absolute Gasteiger partial charge is 0.490 e. The summed E-state index contributed by atoms with van der Waals surface area (Å²) in [7, 11) is 0. The van der Waals surface area contributed by atoms with Crippen molar-refractivity contribution in [1.82, 2.24) is 9.88 Å². The van der Waals surface area contributed by atoms with Gasteiger partial charge in [0.2, 0.25) is 5.88 Å². The summed E-state index contributed by atoms with van der Waals surface area (Å²) >= 11 is 0. The molecule has 1 aliphatic carbocycles. The fourth-order valence-electron chi connectivity index (χ4n) is 3.59. The number of carbonyl (C=O) groups excluding carboxylic acids is 1. The van der Waals surface area contributed by atoms with Gasteiger partial charge in [0.15, 0.2) is 5.76 Å². The number of hydrogen-bond donors (Lipinski definition) is 1. The van der Waals surface area contributed by atoms with Crippen molar-refractivity contribution in [1.29, 1.82) is 0 Å². The molecule has 0 radical (unpaired) electrons. The van der Waals surface area contributed by atoms with E-state index >= 15 is 0 Å². The number of hydrogen-bond acceptors (Lipinski definition) is 6. The zero-order valence-electron chi connectivity index (χ0n) is 16.5. The Balaban J connectivity index is 0.000000339. The van der Waals surface area contributed by atoms with E-state index in [4.69, 9.17) is 23.8 Å². The van der Waals surface area contributed by atoms with Gasteiger partial charge in [-0.3, -0.25) is 4.79 Å². The van der Waals surface area contributed by atoms with Gasteiger partial charge in [-0.15, -0.1) is 0 Å². The maximum atomic E-state index is 12.8. The molecule has 3 atom stereocenters. The van der Waals surface area contributed by atoms with Crippen LogP contribution in [0.1, 0.15) is 29.0 Å². The summed E-state index contributed by atoms with van der Waals surface area (Å²) in [4.78, 5) is 27.8. The zero-order valence-corrected chi connectivity index (χ0v) is 16.5. The van der Waals surface area contributed by atoms with Crippen LogP contribution in [0.4, 0.5) is 13.2 Å². The first-order valence-electron chi connectivity index (χ1n) is 9.53. The third-order valence-electron chi connectivity index (χ3n) is 5.01. The maximum Gasteiger partial charge on any atom is 0.490 e. The predicted octanol–water partition coefficient (Wildman–Crippen LogP) is 3.07. The van der Waals surface area contributed by atoms with Gasteiger partial charge in [-0.25, -0.2) is 9.78 Å². The van der Waals surface area contributed by atoms with Crippen molar-refractivity contribution in [2.45, 2.75) is 44.2 Å². The number of fused-ring (bicyclic) bond motifs is 1. The van der Waals surface area contributed by atoms with E-state index in [0.29, 0.717) is 24.8 Å². The third kappa shape index (κ3) is 5.35. The minimum absolute atomic E-state index is 0.0180. The molecule has 4 rings (SSSR count). The molecule has 1 amide bonds. The minimum Gasteiger partial charge on any atom is -0.475 e. The molecule has 2 aromatic heterocycles. The number of aliphatic carboxylic acids is 1. The fourth-order valence-corrected chi connectivity index (χ4v) is 3.59. The van der Waals surface area contributed by atoms with Crippen LogP contribution in [0.5, 0.6) is 5.88 Å². The first-order chi connectivity index (χ1) is 14.7. The lowest BCUT2D eigenvalue weighted by Gasteiger charge is -2.38. The SMILES string of the molecule is Cc1ccoc1C(=O)N1CCO[C@H]2[C@H](Oc3ccccn3)CC[C@@H]21.O=C(O)C(F)(F)F. The van der Waals surface area contributed by atoms with Crippen molar-refractivity contribution >= 4 is 11.9 Å². The predicted molar refractivity (Wildman–Crippen MR) is 99.6 cm³/mol. The molecule has 1 saturated heterocycles. The van der Waals surface area contributed by atoms with Crippen LogP contribution in [0.15, 0.2) is 41.1 Å². The van der Waals surface area contributed by atoms with E-state index in [1.807, 2.05) is 36.1 Å². The number of halogens is 3. The Labute approximate surface area is 175 Å². The monoisotopic (exact) mass is 442 g/mol. The molecule has 1 saturated carbocycles.